The van der Waals surface area contributed by atoms with Gasteiger partial charge < -0.3 is 10.2 Å². The predicted octanol–water partition coefficient (Wildman–Crippen LogP) is 1.78. The fourth-order valence-corrected chi connectivity index (χ4v) is 3.35. The number of rotatable bonds is 5. The van der Waals surface area contributed by atoms with Crippen LogP contribution in [0.5, 0.6) is 0 Å². The first-order valence-corrected chi connectivity index (χ1v) is 8.13. The monoisotopic (exact) mass is 282 g/mol. The van der Waals surface area contributed by atoms with Crippen LogP contribution < -0.4 is 5.32 Å². The zero-order valence-corrected chi connectivity index (χ0v) is 13.2. The van der Waals surface area contributed by atoms with Crippen molar-refractivity contribution in [2.24, 2.45) is 0 Å². The summed E-state index contributed by atoms with van der Waals surface area (Å²) in [5.41, 5.74) is 1.23. The van der Waals surface area contributed by atoms with Gasteiger partial charge in [0.15, 0.2) is 0 Å². The van der Waals surface area contributed by atoms with Crippen LogP contribution in [0.15, 0.2) is 5.38 Å². The second-order valence-electron chi connectivity index (χ2n) is 5.45. The average Bonchev–Trinajstić information content (AvgIpc) is 2.76. The molecule has 1 aromatic heterocycles. The molecule has 0 radical (unpaired) electrons. The first kappa shape index (κ1) is 14.9. The second-order valence-corrected chi connectivity index (χ2v) is 6.39. The molecule has 1 N–H and O–H groups in total. The molecule has 4 nitrogen and oxygen atoms in total. The topological polar surface area (TPSA) is 31.4 Å². The zero-order chi connectivity index (χ0) is 13.7. The first-order valence-electron chi connectivity index (χ1n) is 7.25. The molecule has 1 aliphatic heterocycles. The summed E-state index contributed by atoms with van der Waals surface area (Å²) >= 11 is 1.77. The molecule has 0 bridgehead atoms. The normalized spacial score (nSPS) is 22.6. The van der Waals surface area contributed by atoms with Crippen molar-refractivity contribution in [3.8, 4) is 0 Å². The molecular formula is C14H26N4S. The van der Waals surface area contributed by atoms with Crippen molar-refractivity contribution in [3.63, 3.8) is 0 Å². The van der Waals surface area contributed by atoms with Gasteiger partial charge in [0, 0.05) is 37.6 Å². The van der Waals surface area contributed by atoms with Crippen LogP contribution in [0, 0.1) is 0 Å². The molecule has 1 aromatic rings. The van der Waals surface area contributed by atoms with Gasteiger partial charge >= 0.3 is 0 Å². The van der Waals surface area contributed by atoms with E-state index in [1.807, 2.05) is 0 Å². The van der Waals surface area contributed by atoms with Gasteiger partial charge in [-0.25, -0.2) is 4.98 Å². The van der Waals surface area contributed by atoms with Gasteiger partial charge in [-0.3, -0.25) is 4.90 Å². The fourth-order valence-electron chi connectivity index (χ4n) is 2.60. The minimum atomic E-state index is 0.617. The molecule has 1 unspecified atom stereocenters. The van der Waals surface area contributed by atoms with E-state index in [0.29, 0.717) is 6.04 Å². The van der Waals surface area contributed by atoms with E-state index >= 15 is 0 Å². The molecule has 1 fully saturated rings. The number of hydrogen-bond donors (Lipinski definition) is 1. The fraction of sp³-hybridized carbons (Fsp3) is 0.786. The van der Waals surface area contributed by atoms with E-state index in [0.717, 1.165) is 26.2 Å². The Bertz CT molecular complexity index is 379. The van der Waals surface area contributed by atoms with Gasteiger partial charge in [-0.05, 0) is 33.5 Å². The van der Waals surface area contributed by atoms with Gasteiger partial charge in [0.2, 0.25) is 0 Å². The second kappa shape index (κ2) is 7.33. The van der Waals surface area contributed by atoms with Crippen molar-refractivity contribution < 1.29 is 0 Å². The molecule has 5 heteroatoms. The maximum absolute atomic E-state index is 4.73. The minimum Gasteiger partial charge on any atom is -0.311 e. The smallest absolute Gasteiger partial charge is 0.107 e. The lowest BCUT2D eigenvalue weighted by Crippen LogP contribution is -2.37. The predicted molar refractivity (Wildman–Crippen MR) is 81.5 cm³/mol. The Morgan fingerprint density at radius 1 is 1.47 bits per heavy atom. The van der Waals surface area contributed by atoms with Crippen LogP contribution in [-0.4, -0.2) is 54.1 Å². The lowest BCUT2D eigenvalue weighted by Gasteiger charge is -2.27. The SMILES string of the molecule is CCNCc1nc(CN2CCCN(C)CC2C)cs1. The number of aromatic nitrogens is 1. The van der Waals surface area contributed by atoms with Crippen molar-refractivity contribution in [1.82, 2.24) is 20.1 Å². The Morgan fingerprint density at radius 2 is 2.32 bits per heavy atom. The van der Waals surface area contributed by atoms with Crippen LogP contribution in [0.4, 0.5) is 0 Å². The van der Waals surface area contributed by atoms with E-state index in [2.05, 4.69) is 41.4 Å². The molecular weight excluding hydrogens is 256 g/mol. The molecule has 1 aliphatic rings. The summed E-state index contributed by atoms with van der Waals surface area (Å²) in [5.74, 6) is 0. The maximum atomic E-state index is 4.73. The third kappa shape index (κ3) is 4.53. The Morgan fingerprint density at radius 3 is 3.11 bits per heavy atom. The van der Waals surface area contributed by atoms with Crippen molar-refractivity contribution in [2.45, 2.75) is 39.4 Å². The van der Waals surface area contributed by atoms with E-state index in [4.69, 9.17) is 4.98 Å². The summed E-state index contributed by atoms with van der Waals surface area (Å²) < 4.78 is 0. The lowest BCUT2D eigenvalue weighted by atomic mass is 10.2. The number of likely N-dealkylation sites (N-methyl/N-ethyl adjacent to an activating group) is 1. The summed E-state index contributed by atoms with van der Waals surface area (Å²) in [7, 11) is 2.22. The van der Waals surface area contributed by atoms with E-state index in [1.165, 1.54) is 30.2 Å². The van der Waals surface area contributed by atoms with E-state index in [1.54, 1.807) is 11.3 Å². The Hall–Kier alpha value is -0.490. The largest absolute Gasteiger partial charge is 0.311 e. The third-order valence-electron chi connectivity index (χ3n) is 3.68. The summed E-state index contributed by atoms with van der Waals surface area (Å²) in [5, 5.41) is 6.76. The van der Waals surface area contributed by atoms with E-state index in [9.17, 15) is 0 Å². The van der Waals surface area contributed by atoms with Crippen molar-refractivity contribution in [3.05, 3.63) is 16.1 Å². The van der Waals surface area contributed by atoms with Crippen LogP contribution in [-0.2, 0) is 13.1 Å². The Kier molecular flexibility index (Phi) is 5.76. The lowest BCUT2D eigenvalue weighted by molar-refractivity contribution is 0.193. The minimum absolute atomic E-state index is 0.617. The quantitative estimate of drug-likeness (QED) is 0.892. The number of nitrogens with one attached hydrogen (secondary N) is 1. The van der Waals surface area contributed by atoms with Gasteiger partial charge in [-0.2, -0.15) is 0 Å². The first-order chi connectivity index (χ1) is 9.19. The van der Waals surface area contributed by atoms with Crippen LogP contribution in [0.25, 0.3) is 0 Å². The molecule has 0 spiro atoms. The van der Waals surface area contributed by atoms with Gasteiger partial charge in [-0.15, -0.1) is 11.3 Å². The molecule has 0 saturated carbocycles. The van der Waals surface area contributed by atoms with Crippen LogP contribution in [0.3, 0.4) is 0 Å². The molecule has 0 aliphatic carbocycles. The summed E-state index contributed by atoms with van der Waals surface area (Å²) in [6.45, 7) is 10.9. The average molecular weight is 282 g/mol. The van der Waals surface area contributed by atoms with Crippen molar-refractivity contribution in [2.75, 3.05) is 33.2 Å². The van der Waals surface area contributed by atoms with Crippen molar-refractivity contribution in [1.29, 1.82) is 0 Å². The Balaban J connectivity index is 1.90. The summed E-state index contributed by atoms with van der Waals surface area (Å²) in [6.07, 6.45) is 1.26. The molecule has 0 aromatic carbocycles. The number of thiazole rings is 1. The maximum Gasteiger partial charge on any atom is 0.107 e. The number of nitrogens with zero attached hydrogens (tertiary/aromatic N) is 3. The Labute approximate surface area is 120 Å². The molecule has 1 saturated heterocycles. The highest BCUT2D eigenvalue weighted by Gasteiger charge is 2.20. The van der Waals surface area contributed by atoms with Gasteiger partial charge in [0.1, 0.15) is 5.01 Å². The summed E-state index contributed by atoms with van der Waals surface area (Å²) in [4.78, 5) is 9.72. The summed E-state index contributed by atoms with van der Waals surface area (Å²) in [6, 6.07) is 0.617. The molecule has 108 valence electrons. The van der Waals surface area contributed by atoms with E-state index in [-0.39, 0.29) is 0 Å². The van der Waals surface area contributed by atoms with Crippen LogP contribution in [0.2, 0.25) is 0 Å². The van der Waals surface area contributed by atoms with Crippen LogP contribution >= 0.6 is 11.3 Å². The standard InChI is InChI=1S/C14H26N4S/c1-4-15-8-14-16-13(11-19-14)10-18-7-5-6-17(3)9-12(18)2/h11-12,15H,4-10H2,1-3H3. The highest BCUT2D eigenvalue weighted by atomic mass is 32.1. The molecule has 0 amide bonds. The molecule has 2 heterocycles. The van der Waals surface area contributed by atoms with Crippen molar-refractivity contribution >= 4 is 11.3 Å². The zero-order valence-electron chi connectivity index (χ0n) is 12.4. The van der Waals surface area contributed by atoms with Gasteiger partial charge in [0.25, 0.3) is 0 Å². The third-order valence-corrected chi connectivity index (χ3v) is 4.57. The molecule has 1 atom stereocenters. The number of hydrogen-bond acceptors (Lipinski definition) is 5. The highest BCUT2D eigenvalue weighted by Crippen LogP contribution is 2.15. The molecule has 19 heavy (non-hydrogen) atoms. The van der Waals surface area contributed by atoms with E-state index < -0.39 is 0 Å². The molecule has 2 rings (SSSR count). The highest BCUT2D eigenvalue weighted by molar-refractivity contribution is 7.09. The van der Waals surface area contributed by atoms with Gasteiger partial charge in [0.05, 0.1) is 5.69 Å². The van der Waals surface area contributed by atoms with Gasteiger partial charge in [-0.1, -0.05) is 6.92 Å². The van der Waals surface area contributed by atoms with Crippen LogP contribution in [0.1, 0.15) is 31.0 Å².